The summed E-state index contributed by atoms with van der Waals surface area (Å²) < 4.78 is 39.6. The van der Waals surface area contributed by atoms with E-state index in [1.165, 1.54) is 0 Å². The predicted octanol–water partition coefficient (Wildman–Crippen LogP) is 3.02. The molecular formula is C12H15Cl2FN2O2S. The third kappa shape index (κ3) is 4.22. The minimum absolute atomic E-state index is 0.0190. The number of rotatable bonds is 4. The Bertz CT molecular complexity index is 566. The van der Waals surface area contributed by atoms with Crippen molar-refractivity contribution in [2.45, 2.75) is 25.3 Å². The quantitative estimate of drug-likeness (QED) is 0.885. The van der Waals surface area contributed by atoms with Gasteiger partial charge in [0.05, 0.1) is 21.5 Å². The van der Waals surface area contributed by atoms with Crippen LogP contribution in [0.15, 0.2) is 12.1 Å². The molecule has 112 valence electrons. The van der Waals surface area contributed by atoms with Crippen LogP contribution in [0.2, 0.25) is 10.0 Å². The van der Waals surface area contributed by atoms with Gasteiger partial charge in [-0.3, -0.25) is 4.72 Å². The van der Waals surface area contributed by atoms with E-state index in [9.17, 15) is 12.8 Å². The van der Waals surface area contributed by atoms with Gasteiger partial charge in [0.25, 0.3) is 0 Å². The van der Waals surface area contributed by atoms with E-state index in [0.29, 0.717) is 0 Å². The standard InChI is InChI=1S/C12H15Cl2FN2O2S/c13-10-5-8(15)6-11(14)12(10)17-20(18,19)7-9-3-1-2-4-16-9/h5-6,9,16-17H,1-4,7H2. The molecule has 0 radical (unpaired) electrons. The topological polar surface area (TPSA) is 58.2 Å². The molecule has 0 amide bonds. The van der Waals surface area contributed by atoms with Gasteiger partial charge in [-0.25, -0.2) is 12.8 Å². The summed E-state index contributed by atoms with van der Waals surface area (Å²) in [7, 11) is -3.60. The van der Waals surface area contributed by atoms with E-state index in [4.69, 9.17) is 23.2 Å². The van der Waals surface area contributed by atoms with Gasteiger partial charge in [0, 0.05) is 6.04 Å². The molecule has 0 bridgehead atoms. The van der Waals surface area contributed by atoms with Crippen LogP contribution < -0.4 is 10.0 Å². The first kappa shape index (κ1) is 15.8. The Balaban J connectivity index is 2.11. The predicted molar refractivity (Wildman–Crippen MR) is 79.5 cm³/mol. The van der Waals surface area contributed by atoms with E-state index < -0.39 is 15.8 Å². The second-order valence-electron chi connectivity index (χ2n) is 4.77. The third-order valence-electron chi connectivity index (χ3n) is 3.10. The molecule has 0 aliphatic carbocycles. The summed E-state index contributed by atoms with van der Waals surface area (Å²) in [5.74, 6) is -0.672. The Morgan fingerprint density at radius 1 is 1.30 bits per heavy atom. The summed E-state index contributed by atoms with van der Waals surface area (Å²) in [6.07, 6.45) is 2.87. The number of piperidine rings is 1. The molecule has 8 heteroatoms. The lowest BCUT2D eigenvalue weighted by molar-refractivity contribution is 0.424. The number of hydrogen-bond acceptors (Lipinski definition) is 3. The van der Waals surface area contributed by atoms with Gasteiger partial charge >= 0.3 is 0 Å². The largest absolute Gasteiger partial charge is 0.313 e. The first-order chi connectivity index (χ1) is 9.37. The van der Waals surface area contributed by atoms with Crippen LogP contribution in [0.4, 0.5) is 10.1 Å². The molecule has 1 saturated heterocycles. The van der Waals surface area contributed by atoms with Gasteiger partial charge in [0.2, 0.25) is 10.0 Å². The Morgan fingerprint density at radius 2 is 1.95 bits per heavy atom. The highest BCUT2D eigenvalue weighted by molar-refractivity contribution is 7.92. The molecule has 2 rings (SSSR count). The van der Waals surface area contributed by atoms with E-state index in [1.807, 2.05) is 0 Å². The highest BCUT2D eigenvalue weighted by atomic mass is 35.5. The average Bonchev–Trinajstić information content (AvgIpc) is 2.34. The Morgan fingerprint density at radius 3 is 2.50 bits per heavy atom. The first-order valence-corrected chi connectivity index (χ1v) is 8.66. The SMILES string of the molecule is O=S(=O)(CC1CCCCN1)Nc1c(Cl)cc(F)cc1Cl. The number of hydrogen-bond donors (Lipinski definition) is 2. The molecule has 4 nitrogen and oxygen atoms in total. The molecule has 1 unspecified atom stereocenters. The van der Waals surface area contributed by atoms with E-state index in [0.717, 1.165) is 37.9 Å². The van der Waals surface area contributed by atoms with Gasteiger partial charge in [-0.1, -0.05) is 29.6 Å². The second kappa shape index (κ2) is 6.47. The highest BCUT2D eigenvalue weighted by Gasteiger charge is 2.22. The van der Waals surface area contributed by atoms with E-state index in [2.05, 4.69) is 10.0 Å². The number of sulfonamides is 1. The van der Waals surface area contributed by atoms with Crippen molar-refractivity contribution in [1.82, 2.24) is 5.32 Å². The van der Waals surface area contributed by atoms with Crippen LogP contribution in [-0.4, -0.2) is 26.8 Å². The highest BCUT2D eigenvalue weighted by Crippen LogP contribution is 2.32. The summed E-state index contributed by atoms with van der Waals surface area (Å²) in [6, 6.07) is 1.95. The Hall–Kier alpha value is -0.560. The van der Waals surface area contributed by atoms with Crippen LogP contribution >= 0.6 is 23.2 Å². The maximum absolute atomic E-state index is 13.1. The lowest BCUT2D eigenvalue weighted by atomic mass is 10.1. The van der Waals surface area contributed by atoms with Crippen molar-refractivity contribution >= 4 is 38.9 Å². The zero-order chi connectivity index (χ0) is 14.8. The molecule has 1 aliphatic rings. The average molecular weight is 341 g/mol. The van der Waals surface area contributed by atoms with Gasteiger partial charge in [0.1, 0.15) is 5.82 Å². The van der Waals surface area contributed by atoms with Gasteiger partial charge < -0.3 is 5.32 Å². The molecular weight excluding hydrogens is 326 g/mol. The van der Waals surface area contributed by atoms with Crippen LogP contribution in [0.1, 0.15) is 19.3 Å². The van der Waals surface area contributed by atoms with Gasteiger partial charge in [-0.05, 0) is 31.5 Å². The fraction of sp³-hybridized carbons (Fsp3) is 0.500. The van der Waals surface area contributed by atoms with Gasteiger partial charge in [-0.15, -0.1) is 0 Å². The third-order valence-corrected chi connectivity index (χ3v) is 5.05. The van der Waals surface area contributed by atoms with E-state index >= 15 is 0 Å². The number of benzene rings is 1. The lowest BCUT2D eigenvalue weighted by Gasteiger charge is -2.23. The Labute approximate surface area is 127 Å². The van der Waals surface area contributed by atoms with Crippen molar-refractivity contribution < 1.29 is 12.8 Å². The fourth-order valence-corrected chi connectivity index (χ4v) is 4.26. The van der Waals surface area contributed by atoms with Crippen LogP contribution in [0.5, 0.6) is 0 Å². The van der Waals surface area contributed by atoms with Gasteiger partial charge in [0.15, 0.2) is 0 Å². The smallest absolute Gasteiger partial charge is 0.234 e. The number of nitrogens with one attached hydrogen (secondary N) is 2. The normalized spacial score (nSPS) is 19.9. The second-order valence-corrected chi connectivity index (χ2v) is 7.36. The summed E-state index contributed by atoms with van der Waals surface area (Å²) in [5.41, 5.74) is 0.0190. The van der Waals surface area contributed by atoms with Crippen LogP contribution in [-0.2, 0) is 10.0 Å². The maximum atomic E-state index is 13.1. The van der Waals surface area contributed by atoms with Crippen molar-refractivity contribution in [1.29, 1.82) is 0 Å². The molecule has 0 aromatic heterocycles. The minimum atomic E-state index is -3.60. The van der Waals surface area contributed by atoms with Crippen LogP contribution in [0.25, 0.3) is 0 Å². The summed E-state index contributed by atoms with van der Waals surface area (Å²) in [5, 5.41) is 3.03. The maximum Gasteiger partial charge on any atom is 0.234 e. The molecule has 1 heterocycles. The molecule has 1 aromatic carbocycles. The van der Waals surface area contributed by atoms with Crippen molar-refractivity contribution in [3.05, 3.63) is 28.0 Å². The zero-order valence-electron chi connectivity index (χ0n) is 10.6. The molecule has 1 fully saturated rings. The first-order valence-electron chi connectivity index (χ1n) is 6.26. The molecule has 20 heavy (non-hydrogen) atoms. The minimum Gasteiger partial charge on any atom is -0.313 e. The monoisotopic (exact) mass is 340 g/mol. The summed E-state index contributed by atoms with van der Waals surface area (Å²) >= 11 is 11.6. The Kier molecular flexibility index (Phi) is 5.12. The van der Waals surface area contributed by atoms with E-state index in [-0.39, 0.29) is 27.5 Å². The molecule has 0 spiro atoms. The van der Waals surface area contributed by atoms with Gasteiger partial charge in [-0.2, -0.15) is 0 Å². The van der Waals surface area contributed by atoms with Crippen molar-refractivity contribution in [3.8, 4) is 0 Å². The molecule has 1 aliphatic heterocycles. The number of anilines is 1. The van der Waals surface area contributed by atoms with Crippen LogP contribution in [0, 0.1) is 5.82 Å². The molecule has 2 N–H and O–H groups in total. The van der Waals surface area contributed by atoms with Crippen molar-refractivity contribution in [2.75, 3.05) is 17.0 Å². The zero-order valence-corrected chi connectivity index (χ0v) is 13.0. The molecule has 0 saturated carbocycles. The van der Waals surface area contributed by atoms with Crippen molar-refractivity contribution in [3.63, 3.8) is 0 Å². The lowest BCUT2D eigenvalue weighted by Crippen LogP contribution is -2.40. The molecule has 1 aromatic rings. The number of halogens is 3. The van der Waals surface area contributed by atoms with Crippen molar-refractivity contribution in [2.24, 2.45) is 0 Å². The fourth-order valence-electron chi connectivity index (χ4n) is 2.17. The summed E-state index contributed by atoms with van der Waals surface area (Å²) in [4.78, 5) is 0. The van der Waals surface area contributed by atoms with Crippen LogP contribution in [0.3, 0.4) is 0 Å². The molecule has 1 atom stereocenters. The summed E-state index contributed by atoms with van der Waals surface area (Å²) in [6.45, 7) is 0.818. The van der Waals surface area contributed by atoms with E-state index in [1.54, 1.807) is 0 Å².